The molecule has 12 heavy (non-hydrogen) atoms. The summed E-state index contributed by atoms with van der Waals surface area (Å²) in [6.45, 7) is 2.77. The zero-order valence-corrected chi connectivity index (χ0v) is 7.66. The third-order valence-corrected chi connectivity index (χ3v) is 1.32. The molecular formula is C7H15N3O2. The lowest BCUT2D eigenvalue weighted by Crippen LogP contribution is -2.34. The Balaban J connectivity index is 3.58. The number of nitrogens with zero attached hydrogens (tertiary/aromatic N) is 2. The van der Waals surface area contributed by atoms with E-state index in [0.717, 1.165) is 6.54 Å². The van der Waals surface area contributed by atoms with Crippen molar-refractivity contribution < 1.29 is 10.0 Å². The summed E-state index contributed by atoms with van der Waals surface area (Å²) in [7, 11) is 3.83. The van der Waals surface area contributed by atoms with Gasteiger partial charge in [-0.25, -0.2) is 0 Å². The van der Waals surface area contributed by atoms with E-state index in [0.29, 0.717) is 6.54 Å². The van der Waals surface area contributed by atoms with Crippen LogP contribution >= 0.6 is 0 Å². The average molecular weight is 173 g/mol. The van der Waals surface area contributed by atoms with Crippen molar-refractivity contribution >= 4 is 11.6 Å². The maximum atomic E-state index is 10.9. The van der Waals surface area contributed by atoms with Crippen molar-refractivity contribution in [1.82, 2.24) is 10.2 Å². The van der Waals surface area contributed by atoms with Crippen LogP contribution in [0.1, 0.15) is 6.92 Å². The van der Waals surface area contributed by atoms with E-state index < -0.39 is 0 Å². The number of hydrogen-bond donors (Lipinski definition) is 2. The fourth-order valence-electron chi connectivity index (χ4n) is 0.566. The number of carbonyl (C=O) groups is 1. The molecule has 0 aliphatic rings. The van der Waals surface area contributed by atoms with Gasteiger partial charge in [-0.15, -0.1) is 0 Å². The summed E-state index contributed by atoms with van der Waals surface area (Å²) in [5, 5.41) is 13.6. The first-order chi connectivity index (χ1) is 5.57. The van der Waals surface area contributed by atoms with Crippen molar-refractivity contribution in [2.75, 3.05) is 27.2 Å². The predicted octanol–water partition coefficient (Wildman–Crippen LogP) is -0.486. The summed E-state index contributed by atoms with van der Waals surface area (Å²) in [4.78, 5) is 12.9. The number of rotatable bonds is 4. The second kappa shape index (κ2) is 5.54. The maximum absolute atomic E-state index is 10.9. The fourth-order valence-corrected chi connectivity index (χ4v) is 0.566. The molecule has 0 aromatic heterocycles. The Labute approximate surface area is 72.0 Å². The molecule has 0 aliphatic carbocycles. The molecule has 0 heterocycles. The summed E-state index contributed by atoms with van der Waals surface area (Å²) in [5.74, 6) is -0.334. The first kappa shape index (κ1) is 10.9. The molecule has 5 heteroatoms. The zero-order chi connectivity index (χ0) is 9.56. The molecule has 0 bridgehead atoms. The molecule has 0 spiro atoms. The Kier molecular flexibility index (Phi) is 5.03. The van der Waals surface area contributed by atoms with Crippen LogP contribution in [0.4, 0.5) is 0 Å². The smallest absolute Gasteiger partial charge is 0.268 e. The van der Waals surface area contributed by atoms with Crippen LogP contribution in [0, 0.1) is 0 Å². The number of hydrogen-bond acceptors (Lipinski definition) is 4. The number of oxime groups is 1. The van der Waals surface area contributed by atoms with Crippen molar-refractivity contribution in [1.29, 1.82) is 0 Å². The van der Waals surface area contributed by atoms with Gasteiger partial charge in [0.05, 0.1) is 0 Å². The monoisotopic (exact) mass is 173 g/mol. The number of carbonyl (C=O) groups excluding carboxylic acids is 1. The Bertz CT molecular complexity index is 177. The van der Waals surface area contributed by atoms with Gasteiger partial charge in [0, 0.05) is 13.1 Å². The Morgan fingerprint density at radius 2 is 2.17 bits per heavy atom. The minimum Gasteiger partial charge on any atom is -0.410 e. The number of likely N-dealkylation sites (N-methyl/N-ethyl adjacent to an activating group) is 1. The van der Waals surface area contributed by atoms with Crippen LogP contribution in [0.15, 0.2) is 5.16 Å². The molecule has 5 nitrogen and oxygen atoms in total. The molecule has 70 valence electrons. The van der Waals surface area contributed by atoms with E-state index in [1.807, 2.05) is 19.0 Å². The van der Waals surface area contributed by atoms with Gasteiger partial charge < -0.3 is 15.4 Å². The highest BCUT2D eigenvalue weighted by atomic mass is 16.4. The van der Waals surface area contributed by atoms with Crippen LogP contribution in [0.2, 0.25) is 0 Å². The first-order valence-corrected chi connectivity index (χ1v) is 3.69. The Morgan fingerprint density at radius 3 is 2.58 bits per heavy atom. The summed E-state index contributed by atoms with van der Waals surface area (Å²) >= 11 is 0. The lowest BCUT2D eigenvalue weighted by atomic mass is 10.4. The Hall–Kier alpha value is -1.10. The van der Waals surface area contributed by atoms with Gasteiger partial charge in [-0.05, 0) is 21.0 Å². The van der Waals surface area contributed by atoms with Crippen LogP contribution in [0.25, 0.3) is 0 Å². The van der Waals surface area contributed by atoms with Crippen molar-refractivity contribution in [2.24, 2.45) is 5.16 Å². The van der Waals surface area contributed by atoms with E-state index in [2.05, 4.69) is 10.5 Å². The van der Waals surface area contributed by atoms with Gasteiger partial charge in [0.2, 0.25) is 0 Å². The average Bonchev–Trinajstić information content (AvgIpc) is 2.02. The number of nitrogens with one attached hydrogen (secondary N) is 1. The van der Waals surface area contributed by atoms with Gasteiger partial charge in [-0.1, -0.05) is 5.16 Å². The van der Waals surface area contributed by atoms with Crippen molar-refractivity contribution in [3.05, 3.63) is 0 Å². The topological polar surface area (TPSA) is 64.9 Å². The van der Waals surface area contributed by atoms with Gasteiger partial charge in [0.1, 0.15) is 5.71 Å². The second-order valence-electron chi connectivity index (χ2n) is 2.74. The molecule has 0 saturated heterocycles. The highest BCUT2D eigenvalue weighted by molar-refractivity contribution is 6.37. The van der Waals surface area contributed by atoms with Crippen LogP contribution in [-0.4, -0.2) is 48.9 Å². The van der Waals surface area contributed by atoms with Crippen LogP contribution in [0.5, 0.6) is 0 Å². The summed E-state index contributed by atoms with van der Waals surface area (Å²) in [6, 6.07) is 0. The van der Waals surface area contributed by atoms with E-state index in [9.17, 15) is 4.79 Å². The molecule has 0 aromatic carbocycles. The van der Waals surface area contributed by atoms with Gasteiger partial charge >= 0.3 is 0 Å². The van der Waals surface area contributed by atoms with Crippen molar-refractivity contribution in [2.45, 2.75) is 6.92 Å². The van der Waals surface area contributed by atoms with Crippen molar-refractivity contribution in [3.8, 4) is 0 Å². The molecule has 0 unspecified atom stereocenters. The molecule has 2 N–H and O–H groups in total. The van der Waals surface area contributed by atoms with Gasteiger partial charge in [-0.2, -0.15) is 0 Å². The predicted molar refractivity (Wildman–Crippen MR) is 46.5 cm³/mol. The molecule has 0 fully saturated rings. The second-order valence-corrected chi connectivity index (χ2v) is 2.74. The summed E-state index contributed by atoms with van der Waals surface area (Å²) in [5.41, 5.74) is 0.0776. The van der Waals surface area contributed by atoms with Gasteiger partial charge in [0.15, 0.2) is 0 Å². The normalized spacial score (nSPS) is 11.8. The molecule has 0 aliphatic heterocycles. The van der Waals surface area contributed by atoms with Gasteiger partial charge in [-0.3, -0.25) is 4.79 Å². The van der Waals surface area contributed by atoms with Crippen LogP contribution in [-0.2, 0) is 4.79 Å². The zero-order valence-electron chi connectivity index (χ0n) is 7.66. The fraction of sp³-hybridized carbons (Fsp3) is 0.714. The molecular weight excluding hydrogens is 158 g/mol. The van der Waals surface area contributed by atoms with Crippen LogP contribution < -0.4 is 5.32 Å². The minimum atomic E-state index is -0.334. The maximum Gasteiger partial charge on any atom is 0.268 e. The van der Waals surface area contributed by atoms with E-state index in [4.69, 9.17) is 5.21 Å². The van der Waals surface area contributed by atoms with E-state index >= 15 is 0 Å². The van der Waals surface area contributed by atoms with E-state index in [1.165, 1.54) is 6.92 Å². The molecule has 1 amide bonds. The Morgan fingerprint density at radius 1 is 1.58 bits per heavy atom. The standard InChI is InChI=1S/C7H15N3O2/c1-6(9-12)7(11)8-4-5-10(2)3/h12H,4-5H2,1-3H3,(H,8,11). The van der Waals surface area contributed by atoms with Crippen molar-refractivity contribution in [3.63, 3.8) is 0 Å². The number of amides is 1. The quantitative estimate of drug-likeness (QED) is 0.342. The largest absolute Gasteiger partial charge is 0.410 e. The molecule has 0 radical (unpaired) electrons. The molecule has 0 atom stereocenters. The lowest BCUT2D eigenvalue weighted by Gasteiger charge is -2.09. The highest BCUT2D eigenvalue weighted by Gasteiger charge is 2.04. The molecule has 0 aromatic rings. The third-order valence-electron chi connectivity index (χ3n) is 1.32. The third kappa shape index (κ3) is 4.68. The lowest BCUT2D eigenvalue weighted by molar-refractivity contribution is -0.115. The molecule has 0 saturated carbocycles. The summed E-state index contributed by atoms with van der Waals surface area (Å²) < 4.78 is 0. The first-order valence-electron chi connectivity index (χ1n) is 3.69. The highest BCUT2D eigenvalue weighted by Crippen LogP contribution is 1.76. The minimum absolute atomic E-state index is 0.0776. The van der Waals surface area contributed by atoms with E-state index in [1.54, 1.807) is 0 Å². The summed E-state index contributed by atoms with van der Waals surface area (Å²) in [6.07, 6.45) is 0. The SMILES string of the molecule is CC(=NO)C(=O)NCCN(C)C. The van der Waals surface area contributed by atoms with Gasteiger partial charge in [0.25, 0.3) is 5.91 Å². The van der Waals surface area contributed by atoms with E-state index in [-0.39, 0.29) is 11.6 Å². The van der Waals surface area contributed by atoms with Crippen LogP contribution in [0.3, 0.4) is 0 Å². The molecule has 0 rings (SSSR count).